The van der Waals surface area contributed by atoms with Crippen LogP contribution in [0.5, 0.6) is 0 Å². The third-order valence-electron chi connectivity index (χ3n) is 6.68. The second-order valence-corrected chi connectivity index (χ2v) is 9.58. The van der Waals surface area contributed by atoms with Crippen LogP contribution in [-0.4, -0.2) is 29.2 Å². The van der Waals surface area contributed by atoms with Gasteiger partial charge in [0.25, 0.3) is 0 Å². The van der Waals surface area contributed by atoms with Gasteiger partial charge in [0.2, 0.25) is 5.95 Å². The molecule has 3 rings (SSSR count). The summed E-state index contributed by atoms with van der Waals surface area (Å²) in [4.78, 5) is 8.76. The number of piperidine rings is 1. The number of hydrogen-bond acceptors (Lipinski definition) is 6. The van der Waals surface area contributed by atoms with Gasteiger partial charge in [0.05, 0.1) is 28.9 Å². The van der Waals surface area contributed by atoms with E-state index >= 15 is 4.39 Å². The molecule has 6 nitrogen and oxygen atoms in total. The minimum Gasteiger partial charge on any atom is -0.399 e. The molecule has 0 bridgehead atoms. The molecule has 2 heterocycles. The van der Waals surface area contributed by atoms with E-state index in [0.717, 1.165) is 18.6 Å². The SMILES string of the molecule is C\C=C/C(=C\C(C)C(F)(F)F)C(/N)=C(/C(F)=C(\N)C1CCNCC1)c1ccnc(N[C@@H](C)c2ccccc2)n1. The van der Waals surface area contributed by atoms with Crippen LogP contribution in [0.3, 0.4) is 0 Å². The van der Waals surface area contributed by atoms with Gasteiger partial charge in [-0.3, -0.25) is 0 Å². The molecule has 1 saturated heterocycles. The Morgan fingerprint density at radius 1 is 1.10 bits per heavy atom. The van der Waals surface area contributed by atoms with Gasteiger partial charge in [0.1, 0.15) is 0 Å². The number of nitrogens with zero attached hydrogens (tertiary/aromatic N) is 2. The van der Waals surface area contributed by atoms with E-state index in [1.165, 1.54) is 18.3 Å². The lowest BCUT2D eigenvalue weighted by Gasteiger charge is -2.24. The zero-order valence-corrected chi connectivity index (χ0v) is 22.4. The van der Waals surface area contributed by atoms with Crippen LogP contribution in [-0.2, 0) is 0 Å². The number of aromatic nitrogens is 2. The molecule has 0 saturated carbocycles. The van der Waals surface area contributed by atoms with Crippen molar-refractivity contribution in [2.24, 2.45) is 23.3 Å². The van der Waals surface area contributed by atoms with E-state index in [2.05, 4.69) is 20.6 Å². The zero-order valence-electron chi connectivity index (χ0n) is 22.4. The van der Waals surface area contributed by atoms with Crippen molar-refractivity contribution in [3.63, 3.8) is 0 Å². The van der Waals surface area contributed by atoms with Crippen LogP contribution in [0.2, 0.25) is 0 Å². The summed E-state index contributed by atoms with van der Waals surface area (Å²) < 4.78 is 56.5. The van der Waals surface area contributed by atoms with Gasteiger partial charge in [-0.25, -0.2) is 14.4 Å². The summed E-state index contributed by atoms with van der Waals surface area (Å²) in [5.41, 5.74) is 13.5. The molecule has 210 valence electrons. The van der Waals surface area contributed by atoms with Crippen LogP contribution in [0.25, 0.3) is 5.57 Å². The monoisotopic (exact) mass is 544 g/mol. The van der Waals surface area contributed by atoms with E-state index in [4.69, 9.17) is 11.5 Å². The van der Waals surface area contributed by atoms with Gasteiger partial charge in [-0.2, -0.15) is 13.2 Å². The number of nitrogens with one attached hydrogen (secondary N) is 2. The molecule has 1 unspecified atom stereocenters. The smallest absolute Gasteiger partial charge is 0.394 e. The molecule has 6 N–H and O–H groups in total. The van der Waals surface area contributed by atoms with Crippen LogP contribution in [0.4, 0.5) is 23.5 Å². The highest BCUT2D eigenvalue weighted by Crippen LogP contribution is 2.35. The summed E-state index contributed by atoms with van der Waals surface area (Å²) in [6.07, 6.45) is 2.15. The second kappa shape index (κ2) is 13.4. The molecule has 2 atom stereocenters. The summed E-state index contributed by atoms with van der Waals surface area (Å²) in [7, 11) is 0. The Balaban J connectivity index is 2.15. The van der Waals surface area contributed by atoms with Crippen molar-refractivity contribution in [3.05, 3.63) is 94.9 Å². The average molecular weight is 545 g/mol. The number of rotatable bonds is 9. The average Bonchev–Trinajstić information content (AvgIpc) is 2.93. The van der Waals surface area contributed by atoms with Crippen molar-refractivity contribution >= 4 is 11.5 Å². The molecule has 0 amide bonds. The summed E-state index contributed by atoms with van der Waals surface area (Å²) in [6, 6.07) is 10.9. The number of allylic oxidation sites excluding steroid dienone is 6. The first-order valence-corrected chi connectivity index (χ1v) is 12.9. The number of hydrogen-bond donors (Lipinski definition) is 4. The minimum atomic E-state index is -4.49. The Labute approximate surface area is 227 Å². The standard InChI is InChI=1S/C29H36F4N6/c1-4-8-22(17-18(2)29(31,32)33)26(34)24(25(30)27(35)21-11-14-36-15-12-21)23-13-16-37-28(39-23)38-19(3)20-9-6-5-7-10-20/h4-10,13,16-19,21,36H,11-12,14-15,34-35H2,1-3H3,(H,37,38,39)/b8-4-,22-17+,26-24-,27-25+/t18?,19-/m0/s1. The first-order valence-electron chi connectivity index (χ1n) is 12.9. The van der Waals surface area contributed by atoms with Crippen LogP contribution in [0.1, 0.15) is 50.9 Å². The van der Waals surface area contributed by atoms with Gasteiger partial charge < -0.3 is 22.1 Å². The van der Waals surface area contributed by atoms with Crippen molar-refractivity contribution in [1.29, 1.82) is 0 Å². The molecule has 1 aliphatic heterocycles. The maximum Gasteiger partial charge on any atom is 0.394 e. The van der Waals surface area contributed by atoms with Gasteiger partial charge in [0, 0.05) is 17.8 Å². The van der Waals surface area contributed by atoms with Crippen LogP contribution >= 0.6 is 0 Å². The molecular formula is C29H36F4N6. The summed E-state index contributed by atoms with van der Waals surface area (Å²) in [5.74, 6) is -2.64. The molecule has 0 aliphatic carbocycles. The molecule has 39 heavy (non-hydrogen) atoms. The Morgan fingerprint density at radius 3 is 2.38 bits per heavy atom. The molecule has 1 aromatic carbocycles. The Morgan fingerprint density at radius 2 is 1.77 bits per heavy atom. The topological polar surface area (TPSA) is 102 Å². The molecule has 0 radical (unpaired) electrons. The number of anilines is 1. The highest BCUT2D eigenvalue weighted by atomic mass is 19.4. The molecule has 10 heteroatoms. The van der Waals surface area contributed by atoms with E-state index in [0.29, 0.717) is 25.9 Å². The van der Waals surface area contributed by atoms with Crippen LogP contribution in [0.15, 0.2) is 83.6 Å². The predicted octanol–water partition coefficient (Wildman–Crippen LogP) is 6.16. The lowest BCUT2D eigenvalue weighted by Crippen LogP contribution is -2.31. The number of halogens is 4. The summed E-state index contributed by atoms with van der Waals surface area (Å²) >= 11 is 0. The van der Waals surface area contributed by atoms with E-state index < -0.39 is 17.9 Å². The predicted molar refractivity (Wildman–Crippen MR) is 148 cm³/mol. The maximum atomic E-state index is 16.3. The first kappa shape index (κ1) is 29.9. The first-order chi connectivity index (χ1) is 18.5. The van der Waals surface area contributed by atoms with Crippen molar-refractivity contribution in [2.45, 2.75) is 45.8 Å². The van der Waals surface area contributed by atoms with Crippen LogP contribution < -0.4 is 22.1 Å². The maximum absolute atomic E-state index is 16.3. The van der Waals surface area contributed by atoms with Gasteiger partial charge in [-0.05, 0) is 57.0 Å². The van der Waals surface area contributed by atoms with Gasteiger partial charge in [-0.15, -0.1) is 0 Å². The number of benzene rings is 1. The van der Waals surface area contributed by atoms with Gasteiger partial charge in [-0.1, -0.05) is 55.5 Å². The third kappa shape index (κ3) is 7.92. The summed E-state index contributed by atoms with van der Waals surface area (Å²) in [5, 5.41) is 6.40. The van der Waals surface area contributed by atoms with Crippen molar-refractivity contribution < 1.29 is 17.6 Å². The normalized spacial score (nSPS) is 18.4. The molecule has 1 fully saturated rings. The lowest BCUT2D eigenvalue weighted by atomic mass is 9.91. The van der Waals surface area contributed by atoms with Crippen molar-refractivity contribution in [3.8, 4) is 0 Å². The van der Waals surface area contributed by atoms with Gasteiger partial charge >= 0.3 is 6.18 Å². The molecular weight excluding hydrogens is 508 g/mol. The largest absolute Gasteiger partial charge is 0.399 e. The number of alkyl halides is 3. The van der Waals surface area contributed by atoms with E-state index in [-0.39, 0.29) is 46.1 Å². The molecule has 0 spiro atoms. The van der Waals surface area contributed by atoms with Crippen LogP contribution in [0, 0.1) is 11.8 Å². The molecule has 1 aromatic heterocycles. The summed E-state index contributed by atoms with van der Waals surface area (Å²) in [6.45, 7) is 5.95. The fourth-order valence-corrected chi connectivity index (χ4v) is 4.33. The Bertz CT molecular complexity index is 1230. The van der Waals surface area contributed by atoms with Gasteiger partial charge in [0.15, 0.2) is 5.83 Å². The molecule has 2 aromatic rings. The molecule has 1 aliphatic rings. The van der Waals surface area contributed by atoms with E-state index in [1.807, 2.05) is 37.3 Å². The Kier molecular flexibility index (Phi) is 10.3. The van der Waals surface area contributed by atoms with E-state index in [1.54, 1.807) is 13.0 Å². The lowest BCUT2D eigenvalue weighted by molar-refractivity contribution is -0.156. The quantitative estimate of drug-likeness (QED) is 0.223. The Hall–Kier alpha value is -3.66. The second-order valence-electron chi connectivity index (χ2n) is 9.58. The zero-order chi connectivity index (χ0) is 28.6. The highest BCUT2D eigenvalue weighted by molar-refractivity contribution is 5.81. The fraction of sp³-hybridized carbons (Fsp3) is 0.379. The van der Waals surface area contributed by atoms with Crippen molar-refractivity contribution in [2.75, 3.05) is 18.4 Å². The third-order valence-corrected chi connectivity index (χ3v) is 6.68. The highest BCUT2D eigenvalue weighted by Gasteiger charge is 2.35. The van der Waals surface area contributed by atoms with Crippen molar-refractivity contribution in [1.82, 2.24) is 15.3 Å². The number of nitrogens with two attached hydrogens (primary N) is 2. The minimum absolute atomic E-state index is 0.00363. The van der Waals surface area contributed by atoms with E-state index in [9.17, 15) is 13.2 Å². The fourth-order valence-electron chi connectivity index (χ4n) is 4.33.